The number of carboxylic acid groups (broad SMARTS) is 1. The minimum atomic E-state index is -0.855. The molecule has 0 aliphatic carbocycles. The fraction of sp³-hybridized carbons (Fsp3) is 0.235. The number of anilines is 1. The van der Waals surface area contributed by atoms with E-state index in [1.54, 1.807) is 4.90 Å². The van der Waals surface area contributed by atoms with Gasteiger partial charge >= 0.3 is 5.97 Å². The Kier molecular flexibility index (Phi) is 3.62. The van der Waals surface area contributed by atoms with Crippen molar-refractivity contribution in [3.8, 4) is 0 Å². The van der Waals surface area contributed by atoms with Crippen LogP contribution in [0, 0.1) is 0 Å². The summed E-state index contributed by atoms with van der Waals surface area (Å²) in [6.07, 6.45) is -0.230. The maximum absolute atomic E-state index is 11.5. The van der Waals surface area contributed by atoms with Crippen LogP contribution in [0.15, 0.2) is 54.6 Å². The second kappa shape index (κ2) is 5.58. The number of benzene rings is 2. The highest BCUT2D eigenvalue weighted by Crippen LogP contribution is 2.33. The Morgan fingerprint density at radius 3 is 2.52 bits per heavy atom. The normalized spacial score (nSPS) is 18.3. The number of hydrogen-bond donors (Lipinski definition) is 2. The molecular formula is C17H17NO3. The summed E-state index contributed by atoms with van der Waals surface area (Å²) in [5.74, 6) is -0.855. The minimum absolute atomic E-state index is 0.276. The lowest BCUT2D eigenvalue weighted by Crippen LogP contribution is -2.41. The van der Waals surface area contributed by atoms with Crippen LogP contribution in [0.1, 0.15) is 17.2 Å². The Labute approximate surface area is 123 Å². The topological polar surface area (TPSA) is 60.8 Å². The maximum Gasteiger partial charge on any atom is 0.326 e. The van der Waals surface area contributed by atoms with Gasteiger partial charge in [-0.05, 0) is 17.2 Å². The Hall–Kier alpha value is -2.33. The zero-order chi connectivity index (χ0) is 14.8. The lowest BCUT2D eigenvalue weighted by molar-refractivity contribution is -0.138. The zero-order valence-electron chi connectivity index (χ0n) is 11.5. The van der Waals surface area contributed by atoms with E-state index in [9.17, 15) is 15.0 Å². The number of rotatable bonds is 4. The summed E-state index contributed by atoms with van der Waals surface area (Å²) >= 11 is 0. The minimum Gasteiger partial charge on any atom is -0.480 e. The molecule has 1 aliphatic heterocycles. The van der Waals surface area contributed by atoms with Gasteiger partial charge in [0.2, 0.25) is 0 Å². The third kappa shape index (κ3) is 2.62. The molecule has 1 heterocycles. The highest BCUT2D eigenvalue weighted by Gasteiger charge is 2.35. The number of fused-ring (bicyclic) bond motifs is 1. The first-order valence-corrected chi connectivity index (χ1v) is 6.97. The van der Waals surface area contributed by atoms with Crippen LogP contribution >= 0.6 is 0 Å². The smallest absolute Gasteiger partial charge is 0.326 e. The third-order valence-corrected chi connectivity index (χ3v) is 3.93. The molecule has 2 N–H and O–H groups in total. The van der Waals surface area contributed by atoms with E-state index in [-0.39, 0.29) is 6.54 Å². The van der Waals surface area contributed by atoms with Crippen molar-refractivity contribution in [1.82, 2.24) is 0 Å². The van der Waals surface area contributed by atoms with Gasteiger partial charge in [-0.15, -0.1) is 0 Å². The summed E-state index contributed by atoms with van der Waals surface area (Å²) in [6, 6.07) is 16.4. The van der Waals surface area contributed by atoms with Crippen LogP contribution in [0.3, 0.4) is 0 Å². The number of aliphatic carboxylic acids is 1. The predicted octanol–water partition coefficient (Wildman–Crippen LogP) is 2.24. The molecule has 3 rings (SSSR count). The van der Waals surface area contributed by atoms with Crippen LogP contribution in [0.4, 0.5) is 5.69 Å². The number of hydrogen-bond acceptors (Lipinski definition) is 3. The van der Waals surface area contributed by atoms with Gasteiger partial charge < -0.3 is 15.1 Å². The summed E-state index contributed by atoms with van der Waals surface area (Å²) in [4.78, 5) is 13.3. The first-order valence-electron chi connectivity index (χ1n) is 6.97. The number of aliphatic hydroxyl groups excluding tert-OH is 1. The highest BCUT2D eigenvalue weighted by atomic mass is 16.4. The van der Waals surface area contributed by atoms with E-state index in [2.05, 4.69) is 0 Å². The number of carbonyl (C=O) groups is 1. The Morgan fingerprint density at radius 1 is 1.14 bits per heavy atom. The molecule has 108 valence electrons. The van der Waals surface area contributed by atoms with Gasteiger partial charge in [-0.3, -0.25) is 0 Å². The van der Waals surface area contributed by atoms with Crippen LogP contribution in [0.25, 0.3) is 0 Å². The molecule has 2 aromatic rings. The average Bonchev–Trinajstić information content (AvgIpc) is 2.87. The Balaban J connectivity index is 1.86. The largest absolute Gasteiger partial charge is 0.480 e. The summed E-state index contributed by atoms with van der Waals surface area (Å²) in [7, 11) is 0. The van der Waals surface area contributed by atoms with Gasteiger partial charge in [-0.25, -0.2) is 4.79 Å². The number of para-hydroxylation sites is 1. The van der Waals surface area contributed by atoms with Crippen LogP contribution in [-0.4, -0.2) is 28.8 Å². The molecule has 4 heteroatoms. The predicted molar refractivity (Wildman–Crippen MR) is 80.3 cm³/mol. The zero-order valence-corrected chi connectivity index (χ0v) is 11.5. The van der Waals surface area contributed by atoms with Gasteiger partial charge in [0.05, 0.1) is 6.10 Å². The number of carboxylic acids is 1. The van der Waals surface area contributed by atoms with Crippen molar-refractivity contribution in [1.29, 1.82) is 0 Å². The van der Waals surface area contributed by atoms with Crippen molar-refractivity contribution >= 4 is 11.7 Å². The third-order valence-electron chi connectivity index (χ3n) is 3.93. The lowest BCUT2D eigenvalue weighted by atomic mass is 10.1. The molecule has 0 spiro atoms. The SMILES string of the molecule is O=C(O)C1Cc2ccccc2N1CC(O)c1ccccc1. The van der Waals surface area contributed by atoms with Crippen molar-refractivity contribution in [2.24, 2.45) is 0 Å². The molecule has 4 nitrogen and oxygen atoms in total. The number of aliphatic hydroxyl groups is 1. The number of nitrogens with zero attached hydrogens (tertiary/aromatic N) is 1. The molecular weight excluding hydrogens is 266 g/mol. The molecule has 1 aliphatic rings. The highest BCUT2D eigenvalue weighted by molar-refractivity contribution is 5.82. The maximum atomic E-state index is 11.5. The van der Waals surface area contributed by atoms with Crippen molar-refractivity contribution in [3.63, 3.8) is 0 Å². The lowest BCUT2D eigenvalue weighted by Gasteiger charge is -2.27. The van der Waals surface area contributed by atoms with Gasteiger partial charge in [0.15, 0.2) is 0 Å². The van der Waals surface area contributed by atoms with E-state index in [1.807, 2.05) is 54.6 Å². The second-order valence-electron chi connectivity index (χ2n) is 5.27. The van der Waals surface area contributed by atoms with Crippen LogP contribution in [-0.2, 0) is 11.2 Å². The van der Waals surface area contributed by atoms with Gasteiger partial charge in [0.1, 0.15) is 6.04 Å². The summed E-state index contributed by atoms with van der Waals surface area (Å²) in [5, 5.41) is 19.8. The monoisotopic (exact) mass is 283 g/mol. The fourth-order valence-electron chi connectivity index (χ4n) is 2.86. The van der Waals surface area contributed by atoms with Gasteiger partial charge in [-0.2, -0.15) is 0 Å². The molecule has 0 radical (unpaired) electrons. The molecule has 2 atom stereocenters. The van der Waals surface area contributed by atoms with E-state index in [0.29, 0.717) is 6.42 Å². The van der Waals surface area contributed by atoms with Crippen LogP contribution < -0.4 is 4.90 Å². The molecule has 0 amide bonds. The average molecular weight is 283 g/mol. The quantitative estimate of drug-likeness (QED) is 0.903. The Bertz CT molecular complexity index is 641. The first kappa shape index (κ1) is 13.6. The van der Waals surface area contributed by atoms with Gasteiger partial charge in [-0.1, -0.05) is 48.5 Å². The second-order valence-corrected chi connectivity index (χ2v) is 5.27. The van der Waals surface area contributed by atoms with Crippen LogP contribution in [0.2, 0.25) is 0 Å². The molecule has 0 saturated carbocycles. The van der Waals surface area contributed by atoms with E-state index in [1.165, 1.54) is 0 Å². The number of β-amino-alcohol motifs (C(OH)–C–C–N with tert-alkyl or cyclic N) is 1. The van der Waals surface area contributed by atoms with Gasteiger partial charge in [0.25, 0.3) is 0 Å². The summed E-state index contributed by atoms with van der Waals surface area (Å²) < 4.78 is 0. The summed E-state index contributed by atoms with van der Waals surface area (Å²) in [6.45, 7) is 0.276. The van der Waals surface area contributed by atoms with Crippen molar-refractivity contribution in [2.45, 2.75) is 18.6 Å². The molecule has 21 heavy (non-hydrogen) atoms. The molecule has 0 aromatic heterocycles. The molecule has 0 fully saturated rings. The van der Waals surface area contributed by atoms with Gasteiger partial charge in [0, 0.05) is 18.7 Å². The van der Waals surface area contributed by atoms with Crippen molar-refractivity contribution < 1.29 is 15.0 Å². The fourth-order valence-corrected chi connectivity index (χ4v) is 2.86. The molecule has 0 saturated heterocycles. The van der Waals surface area contributed by atoms with E-state index in [0.717, 1.165) is 16.8 Å². The van der Waals surface area contributed by atoms with E-state index in [4.69, 9.17) is 0 Å². The standard InChI is InChI=1S/C17H17NO3/c19-16(12-6-2-1-3-7-12)11-18-14-9-5-4-8-13(14)10-15(18)17(20)21/h1-9,15-16,19H,10-11H2,(H,20,21). The Morgan fingerprint density at radius 2 is 1.81 bits per heavy atom. The molecule has 0 bridgehead atoms. The van der Waals surface area contributed by atoms with E-state index >= 15 is 0 Å². The van der Waals surface area contributed by atoms with Crippen molar-refractivity contribution in [2.75, 3.05) is 11.4 Å². The molecule has 2 aromatic carbocycles. The van der Waals surface area contributed by atoms with Crippen molar-refractivity contribution in [3.05, 3.63) is 65.7 Å². The van der Waals surface area contributed by atoms with E-state index < -0.39 is 18.1 Å². The van der Waals surface area contributed by atoms with Crippen LogP contribution in [0.5, 0.6) is 0 Å². The summed E-state index contributed by atoms with van der Waals surface area (Å²) in [5.41, 5.74) is 2.72. The molecule has 2 unspecified atom stereocenters. The first-order chi connectivity index (χ1) is 10.2.